The standard InChI is InChI=1S/C11H15FN2O4.C6H13NO2/c1-3-17-10(15)9(12)18-14-8-4-7(2)5-13(6-8)11(14)16;1-6(2,3)9-5(8)7-4/h4,8-9H,3,5-6H2,1-2H3;1-4H3,(H,7,8). The van der Waals surface area contributed by atoms with Crippen LogP contribution in [0.3, 0.4) is 0 Å². The Kier molecular flexibility index (Phi) is 8.01. The summed E-state index contributed by atoms with van der Waals surface area (Å²) in [4.78, 5) is 39.7. The summed E-state index contributed by atoms with van der Waals surface area (Å²) in [6, 6.07) is -0.779. The zero-order valence-electron chi connectivity index (χ0n) is 16.6. The number of nitrogens with one attached hydrogen (secondary N) is 1. The Morgan fingerprint density at radius 1 is 1.41 bits per heavy atom. The van der Waals surface area contributed by atoms with E-state index in [-0.39, 0.29) is 24.3 Å². The molecular formula is C17H28FN3O6. The number of halogens is 1. The number of carbonyl (C=O) groups is 3. The second-order valence-corrected chi connectivity index (χ2v) is 6.99. The molecule has 2 atom stereocenters. The van der Waals surface area contributed by atoms with Gasteiger partial charge in [0.1, 0.15) is 5.60 Å². The molecule has 0 aromatic carbocycles. The van der Waals surface area contributed by atoms with Crippen LogP contribution < -0.4 is 5.32 Å². The summed E-state index contributed by atoms with van der Waals surface area (Å²) in [7, 11) is 1.54. The van der Waals surface area contributed by atoms with E-state index in [0.29, 0.717) is 13.1 Å². The zero-order valence-corrected chi connectivity index (χ0v) is 16.6. The molecule has 1 fully saturated rings. The summed E-state index contributed by atoms with van der Waals surface area (Å²) in [6.45, 7) is 9.93. The molecule has 3 amide bonds. The lowest BCUT2D eigenvalue weighted by Gasteiger charge is -2.21. The molecule has 0 spiro atoms. The van der Waals surface area contributed by atoms with Gasteiger partial charge < -0.3 is 19.7 Å². The lowest BCUT2D eigenvalue weighted by atomic mass is 10.1. The normalized spacial score (nSPS) is 19.6. The summed E-state index contributed by atoms with van der Waals surface area (Å²) >= 11 is 0. The summed E-state index contributed by atoms with van der Waals surface area (Å²) in [5.41, 5.74) is 0.623. The first-order valence-electron chi connectivity index (χ1n) is 8.62. The zero-order chi connectivity index (χ0) is 20.8. The summed E-state index contributed by atoms with van der Waals surface area (Å²) < 4.78 is 22.7. The van der Waals surface area contributed by atoms with Gasteiger partial charge in [0, 0.05) is 20.1 Å². The van der Waals surface area contributed by atoms with Gasteiger partial charge in [-0.3, -0.25) is 0 Å². The van der Waals surface area contributed by atoms with Crippen molar-refractivity contribution >= 4 is 18.1 Å². The molecule has 2 aliphatic rings. The van der Waals surface area contributed by atoms with Crippen molar-refractivity contribution in [1.29, 1.82) is 0 Å². The van der Waals surface area contributed by atoms with Crippen LogP contribution in [0.4, 0.5) is 14.0 Å². The van der Waals surface area contributed by atoms with Gasteiger partial charge in [-0.05, 0) is 34.6 Å². The van der Waals surface area contributed by atoms with Crippen LogP contribution in [0.15, 0.2) is 11.6 Å². The molecule has 1 saturated heterocycles. The van der Waals surface area contributed by atoms with Crippen LogP contribution in [0.1, 0.15) is 34.6 Å². The number of nitrogens with zero attached hydrogens (tertiary/aromatic N) is 2. The lowest BCUT2D eigenvalue weighted by molar-refractivity contribution is -0.223. The topological polar surface area (TPSA) is 97.4 Å². The van der Waals surface area contributed by atoms with E-state index in [1.807, 2.05) is 33.8 Å². The number of esters is 1. The van der Waals surface area contributed by atoms with Gasteiger partial charge in [0.2, 0.25) is 0 Å². The minimum atomic E-state index is -2.27. The lowest BCUT2D eigenvalue weighted by Crippen LogP contribution is -2.38. The maximum absolute atomic E-state index is 13.4. The summed E-state index contributed by atoms with van der Waals surface area (Å²) in [5, 5.41) is 3.26. The van der Waals surface area contributed by atoms with E-state index in [4.69, 9.17) is 9.57 Å². The van der Waals surface area contributed by atoms with E-state index in [1.165, 1.54) is 11.9 Å². The molecule has 2 heterocycles. The summed E-state index contributed by atoms with van der Waals surface area (Å²) in [6.07, 6.45) is -0.829. The predicted octanol–water partition coefficient (Wildman–Crippen LogP) is 1.98. The number of fused-ring (bicyclic) bond motifs is 2. The third kappa shape index (κ3) is 7.05. The first kappa shape index (κ1) is 22.7. The average Bonchev–Trinajstić information content (AvgIpc) is 2.77. The number of ether oxygens (including phenoxy) is 2. The van der Waals surface area contributed by atoms with Gasteiger partial charge in [-0.25, -0.2) is 23.6 Å². The van der Waals surface area contributed by atoms with E-state index >= 15 is 0 Å². The molecule has 2 bridgehead atoms. The van der Waals surface area contributed by atoms with Crippen LogP contribution in [0, 0.1) is 0 Å². The van der Waals surface area contributed by atoms with Crippen molar-refractivity contribution in [3.05, 3.63) is 11.6 Å². The maximum Gasteiger partial charge on any atom is 0.407 e. The number of amides is 3. The van der Waals surface area contributed by atoms with Gasteiger partial charge in [0.05, 0.1) is 12.6 Å². The fourth-order valence-corrected chi connectivity index (χ4v) is 2.40. The van der Waals surface area contributed by atoms with E-state index in [9.17, 15) is 18.8 Å². The van der Waals surface area contributed by atoms with E-state index in [2.05, 4.69) is 10.1 Å². The van der Waals surface area contributed by atoms with Crippen LogP contribution in [0.25, 0.3) is 0 Å². The molecule has 9 nitrogen and oxygen atoms in total. The number of carbonyl (C=O) groups excluding carboxylic acids is 3. The number of urea groups is 1. The highest BCUT2D eigenvalue weighted by atomic mass is 19.1. The van der Waals surface area contributed by atoms with Crippen molar-refractivity contribution in [1.82, 2.24) is 15.3 Å². The highest BCUT2D eigenvalue weighted by molar-refractivity contribution is 5.78. The molecule has 2 unspecified atom stereocenters. The van der Waals surface area contributed by atoms with Crippen molar-refractivity contribution < 1.29 is 33.1 Å². The SMILES string of the molecule is CCOC(=O)C(F)ON1C(=O)N2CC(C)=CC1C2.CNC(=O)OC(C)(C)C. The highest BCUT2D eigenvalue weighted by Gasteiger charge is 2.42. The molecule has 1 N–H and O–H groups in total. The van der Waals surface area contributed by atoms with Crippen LogP contribution in [-0.4, -0.2) is 72.8 Å². The molecule has 0 aromatic rings. The number of hydrogen-bond donors (Lipinski definition) is 1. The Labute approximate surface area is 158 Å². The van der Waals surface area contributed by atoms with E-state index in [1.54, 1.807) is 6.92 Å². The molecule has 10 heteroatoms. The third-order valence-corrected chi connectivity index (χ3v) is 3.37. The fourth-order valence-electron chi connectivity index (χ4n) is 2.40. The molecule has 27 heavy (non-hydrogen) atoms. The summed E-state index contributed by atoms with van der Waals surface area (Å²) in [5.74, 6) is -1.12. The van der Waals surface area contributed by atoms with Gasteiger partial charge in [0.25, 0.3) is 0 Å². The number of alkyl carbamates (subject to hydrolysis) is 1. The van der Waals surface area contributed by atoms with Gasteiger partial charge in [0.15, 0.2) is 0 Å². The fraction of sp³-hybridized carbons (Fsp3) is 0.706. The monoisotopic (exact) mass is 389 g/mol. The van der Waals surface area contributed by atoms with Crippen molar-refractivity contribution in [2.45, 2.75) is 52.6 Å². The predicted molar refractivity (Wildman–Crippen MR) is 94.3 cm³/mol. The molecule has 154 valence electrons. The Balaban J connectivity index is 0.000000345. The number of hydroxylamine groups is 2. The minimum absolute atomic E-state index is 0.0606. The molecule has 0 saturated carbocycles. The van der Waals surface area contributed by atoms with Crippen molar-refractivity contribution in [3.63, 3.8) is 0 Å². The van der Waals surface area contributed by atoms with Crippen molar-refractivity contribution in [2.75, 3.05) is 26.7 Å². The Bertz CT molecular complexity index is 590. The highest BCUT2D eigenvalue weighted by Crippen LogP contribution is 2.25. The second-order valence-electron chi connectivity index (χ2n) is 6.99. The Hall–Kier alpha value is -2.36. The van der Waals surface area contributed by atoms with Gasteiger partial charge in [-0.2, -0.15) is 5.06 Å². The van der Waals surface area contributed by atoms with Gasteiger partial charge in [-0.1, -0.05) is 11.6 Å². The third-order valence-electron chi connectivity index (χ3n) is 3.37. The van der Waals surface area contributed by atoms with Gasteiger partial charge in [-0.15, -0.1) is 0 Å². The Morgan fingerprint density at radius 3 is 2.52 bits per heavy atom. The minimum Gasteiger partial charge on any atom is -0.462 e. The molecule has 2 rings (SSSR count). The first-order valence-corrected chi connectivity index (χ1v) is 8.62. The van der Waals surface area contributed by atoms with Crippen molar-refractivity contribution in [2.24, 2.45) is 0 Å². The van der Waals surface area contributed by atoms with Crippen LogP contribution in [-0.2, 0) is 19.1 Å². The average molecular weight is 389 g/mol. The van der Waals surface area contributed by atoms with Crippen LogP contribution in [0.2, 0.25) is 0 Å². The Morgan fingerprint density at radius 2 is 2.04 bits per heavy atom. The molecule has 2 aliphatic heterocycles. The second kappa shape index (κ2) is 9.54. The number of hydrogen-bond acceptors (Lipinski definition) is 6. The van der Waals surface area contributed by atoms with Crippen LogP contribution >= 0.6 is 0 Å². The largest absolute Gasteiger partial charge is 0.462 e. The number of alkyl halides is 1. The van der Waals surface area contributed by atoms with Crippen LogP contribution in [0.5, 0.6) is 0 Å². The van der Waals surface area contributed by atoms with Crippen molar-refractivity contribution in [3.8, 4) is 0 Å². The molecular weight excluding hydrogens is 361 g/mol. The smallest absolute Gasteiger partial charge is 0.407 e. The quantitative estimate of drug-likeness (QED) is 0.583. The molecule has 0 aliphatic carbocycles. The van der Waals surface area contributed by atoms with Gasteiger partial charge >= 0.3 is 24.5 Å². The maximum atomic E-state index is 13.4. The molecule has 0 aromatic heterocycles. The molecule has 0 radical (unpaired) electrons. The first-order chi connectivity index (χ1) is 12.5. The van der Waals surface area contributed by atoms with E-state index in [0.717, 1.165) is 10.6 Å². The number of rotatable bonds is 4. The van der Waals surface area contributed by atoms with E-state index < -0.39 is 18.4 Å².